The van der Waals surface area contributed by atoms with Crippen LogP contribution in [0, 0.1) is 0 Å². The van der Waals surface area contributed by atoms with Gasteiger partial charge < -0.3 is 39.0 Å². The SMILES string of the molecule is C.O=C(/C=C/c1ccc(N2CCOCC2)nc1)OCc1ccccc1.O=C(OCc1ccccc1)[C@H](O)[C@@H](O)c1ccc(N2CCOCC2)nc1. The number of esters is 2. The van der Waals surface area contributed by atoms with Crippen molar-refractivity contribution in [1.82, 2.24) is 9.97 Å². The average molecular weight is 699 g/mol. The molecule has 4 aromatic rings. The van der Waals surface area contributed by atoms with Crippen molar-refractivity contribution < 1.29 is 38.7 Å². The quantitative estimate of drug-likeness (QED) is 0.170. The number of anilines is 2. The van der Waals surface area contributed by atoms with E-state index in [0.717, 1.165) is 67.7 Å². The third-order valence-electron chi connectivity index (χ3n) is 7.95. The van der Waals surface area contributed by atoms with Gasteiger partial charge in [0.15, 0.2) is 6.10 Å². The van der Waals surface area contributed by atoms with Crippen molar-refractivity contribution >= 4 is 29.7 Å². The topological polar surface area (TPSA) is 144 Å². The van der Waals surface area contributed by atoms with E-state index in [1.54, 1.807) is 24.4 Å². The number of carbonyl (C=O) groups excluding carboxylic acids is 2. The number of ether oxygens (including phenoxy) is 4. The van der Waals surface area contributed by atoms with Crippen LogP contribution >= 0.6 is 0 Å². The van der Waals surface area contributed by atoms with Gasteiger partial charge >= 0.3 is 11.9 Å². The van der Waals surface area contributed by atoms with Gasteiger partial charge in [-0.15, -0.1) is 0 Å². The van der Waals surface area contributed by atoms with Crippen LogP contribution in [0.1, 0.15) is 35.8 Å². The predicted molar refractivity (Wildman–Crippen MR) is 194 cm³/mol. The lowest BCUT2D eigenvalue weighted by molar-refractivity contribution is -0.161. The Labute approximate surface area is 298 Å². The molecule has 2 aromatic carbocycles. The second kappa shape index (κ2) is 20.5. The molecule has 2 N–H and O–H groups in total. The zero-order chi connectivity index (χ0) is 35.0. The summed E-state index contributed by atoms with van der Waals surface area (Å²) >= 11 is 0. The molecule has 270 valence electrons. The zero-order valence-electron chi connectivity index (χ0n) is 27.8. The minimum atomic E-state index is -1.67. The number of aromatic nitrogens is 2. The van der Waals surface area contributed by atoms with Gasteiger partial charge in [-0.3, -0.25) is 0 Å². The van der Waals surface area contributed by atoms with Gasteiger partial charge in [0.05, 0.1) is 26.4 Å². The normalized spacial score (nSPS) is 15.5. The standard InChI is InChI=1S/C19H22N2O5.C19H20N2O3.CH4/c22-17(18(23)19(24)26-13-14-4-2-1-3-5-14)15-6-7-16(20-12-15)21-8-10-25-11-9-21;22-19(24-15-17-4-2-1-3-5-17)9-7-16-6-8-18(20-14-16)21-10-12-23-13-11-21;/h1-7,12,17-18,22-23H,8-11,13H2;1-9,14H,10-13,15H2;1H4/b;9-7+;/t17-,18+;;/m0../s1. The highest BCUT2D eigenvalue weighted by molar-refractivity contribution is 5.87. The lowest BCUT2D eigenvalue weighted by atomic mass is 10.1. The van der Waals surface area contributed by atoms with Gasteiger partial charge in [0, 0.05) is 50.2 Å². The van der Waals surface area contributed by atoms with E-state index in [1.165, 1.54) is 12.3 Å². The van der Waals surface area contributed by atoms with Crippen LogP contribution in [0.5, 0.6) is 0 Å². The number of rotatable bonds is 11. The molecule has 0 amide bonds. The minimum absolute atomic E-state index is 0. The van der Waals surface area contributed by atoms with Gasteiger partial charge in [0.25, 0.3) is 0 Å². The summed E-state index contributed by atoms with van der Waals surface area (Å²) in [5, 5.41) is 20.3. The highest BCUT2D eigenvalue weighted by Gasteiger charge is 2.28. The van der Waals surface area contributed by atoms with E-state index >= 15 is 0 Å². The second-order valence-electron chi connectivity index (χ2n) is 11.5. The third-order valence-corrected chi connectivity index (χ3v) is 7.95. The number of carbonyl (C=O) groups is 2. The van der Waals surface area contributed by atoms with Crippen LogP contribution in [0.3, 0.4) is 0 Å². The summed E-state index contributed by atoms with van der Waals surface area (Å²) < 4.78 is 20.9. The fourth-order valence-electron chi connectivity index (χ4n) is 5.09. The molecule has 0 saturated carbocycles. The molecule has 12 heteroatoms. The van der Waals surface area contributed by atoms with Crippen molar-refractivity contribution in [3.05, 3.63) is 126 Å². The Bertz CT molecular complexity index is 1630. The first-order chi connectivity index (χ1) is 24.5. The van der Waals surface area contributed by atoms with Crippen LogP contribution < -0.4 is 9.80 Å². The van der Waals surface area contributed by atoms with Crippen LogP contribution in [-0.4, -0.2) is 90.8 Å². The van der Waals surface area contributed by atoms with E-state index in [2.05, 4.69) is 19.8 Å². The van der Waals surface area contributed by atoms with Crippen LogP contribution in [-0.2, 0) is 41.8 Å². The number of morpholine rings is 2. The summed E-state index contributed by atoms with van der Waals surface area (Å²) in [5.74, 6) is 0.460. The maximum Gasteiger partial charge on any atom is 0.338 e. The predicted octanol–water partition coefficient (Wildman–Crippen LogP) is 4.37. The molecule has 0 aliphatic carbocycles. The summed E-state index contributed by atoms with van der Waals surface area (Å²) in [6.07, 6.45) is 3.28. The molecule has 4 heterocycles. The van der Waals surface area contributed by atoms with E-state index in [-0.39, 0.29) is 26.6 Å². The largest absolute Gasteiger partial charge is 0.459 e. The number of pyridine rings is 2. The maximum atomic E-state index is 12.0. The van der Waals surface area contributed by atoms with Crippen LogP contribution in [0.2, 0.25) is 0 Å². The highest BCUT2D eigenvalue weighted by Crippen LogP contribution is 2.21. The molecule has 2 aromatic heterocycles. The van der Waals surface area contributed by atoms with Gasteiger partial charge in [0.2, 0.25) is 0 Å². The summed E-state index contributed by atoms with van der Waals surface area (Å²) in [6, 6.07) is 26.1. The number of hydrogen-bond donors (Lipinski definition) is 2. The van der Waals surface area contributed by atoms with E-state index in [1.807, 2.05) is 72.8 Å². The summed E-state index contributed by atoms with van der Waals surface area (Å²) in [7, 11) is 0. The van der Waals surface area contributed by atoms with Crippen molar-refractivity contribution in [2.45, 2.75) is 32.8 Å². The molecule has 2 atom stereocenters. The van der Waals surface area contributed by atoms with Crippen molar-refractivity contribution in [3.63, 3.8) is 0 Å². The molecule has 0 bridgehead atoms. The molecule has 0 radical (unpaired) electrons. The van der Waals surface area contributed by atoms with Crippen molar-refractivity contribution in [2.75, 3.05) is 62.4 Å². The van der Waals surface area contributed by atoms with Gasteiger partial charge in [-0.1, -0.05) is 74.2 Å². The van der Waals surface area contributed by atoms with Crippen molar-refractivity contribution in [1.29, 1.82) is 0 Å². The smallest absolute Gasteiger partial charge is 0.338 e. The van der Waals surface area contributed by atoms with E-state index in [0.29, 0.717) is 18.8 Å². The van der Waals surface area contributed by atoms with Crippen LogP contribution in [0.4, 0.5) is 11.6 Å². The zero-order valence-corrected chi connectivity index (χ0v) is 27.8. The average Bonchev–Trinajstić information content (AvgIpc) is 3.19. The molecule has 12 nitrogen and oxygen atoms in total. The summed E-state index contributed by atoms with van der Waals surface area (Å²) in [6.45, 7) is 6.30. The van der Waals surface area contributed by atoms with Gasteiger partial charge in [-0.05, 0) is 41.0 Å². The Balaban J connectivity index is 0.000000225. The van der Waals surface area contributed by atoms with E-state index in [4.69, 9.17) is 18.9 Å². The first kappa shape index (κ1) is 38.7. The number of hydrogen-bond acceptors (Lipinski definition) is 12. The fourth-order valence-corrected chi connectivity index (χ4v) is 5.09. The molecular weight excluding hydrogens is 652 g/mol. The summed E-state index contributed by atoms with van der Waals surface area (Å²) in [5.41, 5.74) is 2.99. The highest BCUT2D eigenvalue weighted by atomic mass is 16.5. The van der Waals surface area contributed by atoms with Crippen molar-refractivity contribution in [2.24, 2.45) is 0 Å². The molecule has 2 aliphatic rings. The molecule has 6 rings (SSSR count). The second-order valence-corrected chi connectivity index (χ2v) is 11.5. The minimum Gasteiger partial charge on any atom is -0.459 e. The molecule has 2 aliphatic heterocycles. The van der Waals surface area contributed by atoms with Crippen LogP contribution in [0.15, 0.2) is 103 Å². The van der Waals surface area contributed by atoms with E-state index in [9.17, 15) is 19.8 Å². The number of aliphatic hydroxyl groups excluding tert-OH is 2. The Morgan fingerprint density at radius 2 is 1.22 bits per heavy atom. The lowest BCUT2D eigenvalue weighted by Crippen LogP contribution is -2.36. The third kappa shape index (κ3) is 12.3. The first-order valence-electron chi connectivity index (χ1n) is 16.5. The first-order valence-corrected chi connectivity index (χ1v) is 16.5. The lowest BCUT2D eigenvalue weighted by Gasteiger charge is -2.28. The molecular formula is C39H46N4O8. The molecule has 2 fully saturated rings. The Hall–Kier alpha value is -5.14. The number of benzene rings is 2. The summed E-state index contributed by atoms with van der Waals surface area (Å²) in [4.78, 5) is 36.7. The molecule has 0 unspecified atom stereocenters. The Morgan fingerprint density at radius 1 is 0.706 bits per heavy atom. The fraction of sp³-hybridized carbons (Fsp3) is 0.333. The molecule has 0 spiro atoms. The molecule has 2 saturated heterocycles. The van der Waals surface area contributed by atoms with E-state index < -0.39 is 18.2 Å². The number of aliphatic hydroxyl groups is 2. The number of nitrogens with zero attached hydrogens (tertiary/aromatic N) is 4. The van der Waals surface area contributed by atoms with Gasteiger partial charge in [-0.2, -0.15) is 0 Å². The Morgan fingerprint density at radius 3 is 1.71 bits per heavy atom. The van der Waals surface area contributed by atoms with Gasteiger partial charge in [0.1, 0.15) is 31.0 Å². The maximum absolute atomic E-state index is 12.0. The monoisotopic (exact) mass is 698 g/mol. The molecule has 51 heavy (non-hydrogen) atoms. The Kier molecular flexibility index (Phi) is 15.5. The van der Waals surface area contributed by atoms with Gasteiger partial charge in [-0.25, -0.2) is 19.6 Å². The van der Waals surface area contributed by atoms with Crippen LogP contribution in [0.25, 0.3) is 6.08 Å². The van der Waals surface area contributed by atoms with Crippen molar-refractivity contribution in [3.8, 4) is 0 Å².